The molecule has 0 atom stereocenters. The van der Waals surface area contributed by atoms with Crippen molar-refractivity contribution in [3.63, 3.8) is 0 Å². The molecule has 0 N–H and O–H groups in total. The van der Waals surface area contributed by atoms with Gasteiger partial charge in [-0.1, -0.05) is 29.0 Å². The number of aromatic nitrogens is 3. The zero-order chi connectivity index (χ0) is 21.5. The number of amides is 1. The van der Waals surface area contributed by atoms with Crippen LogP contribution in [-0.2, 0) is 0 Å². The number of benzene rings is 1. The number of anilines is 1. The third kappa shape index (κ3) is 3.85. The molecule has 3 aromatic heterocycles. The van der Waals surface area contributed by atoms with E-state index in [0.29, 0.717) is 0 Å². The Bertz CT molecular complexity index is 1240. The number of fused-ring (bicyclic) bond motifs is 1. The van der Waals surface area contributed by atoms with Crippen LogP contribution < -0.4 is 4.90 Å². The summed E-state index contributed by atoms with van der Waals surface area (Å²) in [4.78, 5) is 24.2. The van der Waals surface area contributed by atoms with E-state index in [4.69, 9.17) is 10.1 Å². The minimum absolute atomic E-state index is 0.148. The van der Waals surface area contributed by atoms with Crippen LogP contribution in [0.4, 0.5) is 5.13 Å². The third-order valence-corrected chi connectivity index (χ3v) is 7.86. The molecule has 0 unspecified atom stereocenters. The molecule has 0 radical (unpaired) electrons. The summed E-state index contributed by atoms with van der Waals surface area (Å²) in [6.45, 7) is 9.37. The number of thiazole rings is 1. The highest BCUT2D eigenvalue weighted by molar-refractivity contribution is 7.22. The highest BCUT2D eigenvalue weighted by Crippen LogP contribution is 2.33. The summed E-state index contributed by atoms with van der Waals surface area (Å²) >= 11 is 3.27. The number of hydrogen-bond acceptors (Lipinski definition) is 6. The maximum Gasteiger partial charge on any atom is 0.263 e. The lowest BCUT2D eigenvalue weighted by molar-refractivity contribution is 0.0772. The predicted molar refractivity (Wildman–Crippen MR) is 128 cm³/mol. The Balaban J connectivity index is 1.38. The number of carbonyl (C=O) groups is 1. The van der Waals surface area contributed by atoms with E-state index in [2.05, 4.69) is 36.1 Å². The van der Waals surface area contributed by atoms with E-state index >= 15 is 0 Å². The molecule has 1 amide bonds. The van der Waals surface area contributed by atoms with Crippen LogP contribution in [0.15, 0.2) is 36.4 Å². The van der Waals surface area contributed by atoms with Crippen molar-refractivity contribution in [1.82, 2.24) is 19.7 Å². The van der Waals surface area contributed by atoms with Gasteiger partial charge < -0.3 is 9.80 Å². The van der Waals surface area contributed by atoms with Gasteiger partial charge >= 0.3 is 0 Å². The van der Waals surface area contributed by atoms with Gasteiger partial charge in [-0.2, -0.15) is 10.1 Å². The Hall–Kier alpha value is -2.71. The molecule has 1 saturated heterocycles. The molecule has 0 aliphatic carbocycles. The summed E-state index contributed by atoms with van der Waals surface area (Å²) < 4.78 is 3.07. The molecule has 160 valence electrons. The van der Waals surface area contributed by atoms with Gasteiger partial charge in [0.15, 0.2) is 10.8 Å². The van der Waals surface area contributed by atoms with Gasteiger partial charge in [0.25, 0.3) is 5.91 Å². The molecular weight excluding hydrogens is 426 g/mol. The average molecular weight is 452 g/mol. The van der Waals surface area contributed by atoms with Crippen LogP contribution in [-0.4, -0.2) is 51.8 Å². The molecule has 4 aromatic rings. The third-order valence-electron chi connectivity index (χ3n) is 5.66. The van der Waals surface area contributed by atoms with Crippen molar-refractivity contribution in [2.75, 3.05) is 31.1 Å². The largest absolute Gasteiger partial charge is 0.346 e. The number of carbonyl (C=O) groups excluding carboxylic acids is 1. The van der Waals surface area contributed by atoms with E-state index < -0.39 is 0 Å². The maximum atomic E-state index is 12.9. The van der Waals surface area contributed by atoms with Crippen molar-refractivity contribution in [2.24, 2.45) is 0 Å². The smallest absolute Gasteiger partial charge is 0.263 e. The Labute approximate surface area is 189 Å². The Morgan fingerprint density at radius 2 is 1.74 bits per heavy atom. The second kappa shape index (κ2) is 8.09. The van der Waals surface area contributed by atoms with Crippen LogP contribution in [0.25, 0.3) is 16.0 Å². The molecule has 1 aliphatic heterocycles. The molecule has 6 nitrogen and oxygen atoms in total. The van der Waals surface area contributed by atoms with E-state index in [9.17, 15) is 4.79 Å². The average Bonchev–Trinajstić information content (AvgIpc) is 3.40. The summed E-state index contributed by atoms with van der Waals surface area (Å²) in [6, 6.07) is 12.3. The van der Waals surface area contributed by atoms with Crippen molar-refractivity contribution in [2.45, 2.75) is 27.2 Å². The van der Waals surface area contributed by atoms with E-state index in [-0.39, 0.29) is 5.91 Å². The van der Waals surface area contributed by atoms with Crippen LogP contribution >= 0.6 is 22.7 Å². The lowest BCUT2D eigenvalue weighted by Gasteiger charge is -2.21. The zero-order valence-corrected chi connectivity index (χ0v) is 19.6. The van der Waals surface area contributed by atoms with Crippen molar-refractivity contribution >= 4 is 44.1 Å². The Morgan fingerprint density at radius 3 is 2.48 bits per heavy atom. The van der Waals surface area contributed by atoms with Gasteiger partial charge in [-0.15, -0.1) is 11.3 Å². The second-order valence-corrected chi connectivity index (χ2v) is 10.3. The number of nitrogens with zero attached hydrogens (tertiary/aromatic N) is 5. The fourth-order valence-corrected chi connectivity index (χ4v) is 5.82. The number of aryl methyl sites for hydroxylation is 3. The topological polar surface area (TPSA) is 54.3 Å². The van der Waals surface area contributed by atoms with Gasteiger partial charge in [0.05, 0.1) is 21.0 Å². The summed E-state index contributed by atoms with van der Waals surface area (Å²) in [5.41, 5.74) is 4.16. The summed E-state index contributed by atoms with van der Waals surface area (Å²) in [5.74, 6) is 0.148. The monoisotopic (exact) mass is 451 g/mol. The molecular formula is C23H25N5OS2. The van der Waals surface area contributed by atoms with Crippen LogP contribution in [0.1, 0.15) is 32.2 Å². The Kier molecular flexibility index (Phi) is 5.27. The summed E-state index contributed by atoms with van der Waals surface area (Å²) in [7, 11) is 0. The van der Waals surface area contributed by atoms with Gasteiger partial charge in [0.1, 0.15) is 0 Å². The SMILES string of the molecule is Cc1ccc(-n2nc(C)c3sc(N4CCCN(C(=O)c5ccc(C)s5)CC4)nc32)cc1. The van der Waals surface area contributed by atoms with Crippen LogP contribution in [0.2, 0.25) is 0 Å². The zero-order valence-electron chi connectivity index (χ0n) is 18.0. The molecule has 1 fully saturated rings. The first-order chi connectivity index (χ1) is 15.0. The van der Waals surface area contributed by atoms with Gasteiger partial charge in [-0.3, -0.25) is 4.79 Å². The van der Waals surface area contributed by atoms with Crippen molar-refractivity contribution in [1.29, 1.82) is 0 Å². The fourth-order valence-electron chi connectivity index (χ4n) is 3.94. The molecule has 0 saturated carbocycles. The molecule has 31 heavy (non-hydrogen) atoms. The minimum atomic E-state index is 0.148. The first-order valence-corrected chi connectivity index (χ1v) is 12.2. The standard InChI is InChI=1S/C23H25N5OS2/c1-15-5-8-18(9-6-15)28-21-20(17(3)25-28)31-23(24-21)27-12-4-11-26(13-14-27)22(29)19-10-7-16(2)30-19/h5-10H,4,11-14H2,1-3H3. The van der Waals surface area contributed by atoms with Crippen LogP contribution in [0.3, 0.4) is 0 Å². The highest BCUT2D eigenvalue weighted by Gasteiger charge is 2.24. The quantitative estimate of drug-likeness (QED) is 0.448. The van der Waals surface area contributed by atoms with Crippen LogP contribution in [0, 0.1) is 20.8 Å². The van der Waals surface area contributed by atoms with E-state index in [1.54, 1.807) is 22.7 Å². The first-order valence-electron chi connectivity index (χ1n) is 10.5. The van der Waals surface area contributed by atoms with E-state index in [0.717, 1.165) is 64.3 Å². The van der Waals surface area contributed by atoms with Crippen molar-refractivity contribution in [3.05, 3.63) is 57.4 Å². The highest BCUT2D eigenvalue weighted by atomic mass is 32.1. The lowest BCUT2D eigenvalue weighted by atomic mass is 10.2. The maximum absolute atomic E-state index is 12.9. The summed E-state index contributed by atoms with van der Waals surface area (Å²) in [6.07, 6.45) is 0.940. The van der Waals surface area contributed by atoms with Gasteiger partial charge in [-0.25, -0.2) is 4.68 Å². The Morgan fingerprint density at radius 1 is 0.935 bits per heavy atom. The molecule has 0 bridgehead atoms. The number of rotatable bonds is 3. The molecule has 4 heterocycles. The van der Waals surface area contributed by atoms with Gasteiger partial charge in [-0.05, 0) is 51.5 Å². The van der Waals surface area contributed by atoms with Crippen molar-refractivity contribution < 1.29 is 4.79 Å². The fraction of sp³-hybridized carbons (Fsp3) is 0.348. The number of thiophene rings is 1. The van der Waals surface area contributed by atoms with E-state index in [1.807, 2.05) is 35.6 Å². The molecule has 1 aliphatic rings. The first kappa shape index (κ1) is 20.2. The molecule has 0 spiro atoms. The molecule has 5 rings (SSSR count). The number of hydrogen-bond donors (Lipinski definition) is 0. The second-order valence-electron chi connectivity index (χ2n) is 8.03. The van der Waals surface area contributed by atoms with Crippen LogP contribution in [0.5, 0.6) is 0 Å². The predicted octanol–water partition coefficient (Wildman–Crippen LogP) is 4.82. The normalized spacial score (nSPS) is 14.9. The molecule has 8 heteroatoms. The van der Waals surface area contributed by atoms with Crippen molar-refractivity contribution in [3.8, 4) is 5.69 Å². The summed E-state index contributed by atoms with van der Waals surface area (Å²) in [5, 5.41) is 5.73. The molecule has 1 aromatic carbocycles. The van der Waals surface area contributed by atoms with Gasteiger partial charge in [0, 0.05) is 31.1 Å². The minimum Gasteiger partial charge on any atom is -0.346 e. The van der Waals surface area contributed by atoms with Gasteiger partial charge in [0.2, 0.25) is 0 Å². The lowest BCUT2D eigenvalue weighted by Crippen LogP contribution is -2.34. The van der Waals surface area contributed by atoms with E-state index in [1.165, 1.54) is 10.4 Å².